The Balaban J connectivity index is 3.08. The quantitative estimate of drug-likeness (QED) is 0.101. The van der Waals surface area contributed by atoms with E-state index in [1.165, 1.54) is 5.56 Å². The van der Waals surface area contributed by atoms with Crippen LogP contribution >= 0.6 is 21.6 Å². The summed E-state index contributed by atoms with van der Waals surface area (Å²) in [5.41, 5.74) is 3.29. The second kappa shape index (κ2) is 16.6. The SMILES string of the molecule is CCCOCCOCCN(C(=O)CCC(C)(C)SSC)c1cc(CC)cc(CO[Si](C)(C)C(C)(C)C)c1. The van der Waals surface area contributed by atoms with E-state index in [-0.39, 0.29) is 15.7 Å². The van der Waals surface area contributed by atoms with Gasteiger partial charge in [-0.3, -0.25) is 4.79 Å². The lowest BCUT2D eigenvalue weighted by Gasteiger charge is -2.36. The third-order valence-electron chi connectivity index (χ3n) is 6.89. The highest BCUT2D eigenvalue weighted by atomic mass is 33.1. The minimum atomic E-state index is -1.88. The lowest BCUT2D eigenvalue weighted by molar-refractivity contribution is -0.119. The van der Waals surface area contributed by atoms with Crippen LogP contribution in [0.2, 0.25) is 18.1 Å². The first-order chi connectivity index (χ1) is 17.3. The lowest BCUT2D eigenvalue weighted by atomic mass is 10.0. The van der Waals surface area contributed by atoms with Crippen LogP contribution in [0.3, 0.4) is 0 Å². The fraction of sp³-hybridized carbons (Fsp3) is 0.759. The Morgan fingerprint density at radius 3 is 2.14 bits per heavy atom. The Bertz CT molecular complexity index is 812. The Morgan fingerprint density at radius 2 is 1.57 bits per heavy atom. The summed E-state index contributed by atoms with van der Waals surface area (Å²) in [7, 11) is 1.70. The van der Waals surface area contributed by atoms with Crippen LogP contribution in [-0.2, 0) is 31.7 Å². The van der Waals surface area contributed by atoms with Crippen LogP contribution in [0.25, 0.3) is 0 Å². The van der Waals surface area contributed by atoms with Crippen molar-refractivity contribution in [3.63, 3.8) is 0 Å². The van der Waals surface area contributed by atoms with Gasteiger partial charge in [0, 0.05) is 30.0 Å². The number of anilines is 1. The second-order valence-corrected chi connectivity index (χ2v) is 19.6. The first-order valence-electron chi connectivity index (χ1n) is 13.7. The van der Waals surface area contributed by atoms with Crippen molar-refractivity contribution in [2.45, 2.75) is 104 Å². The average molecular weight is 572 g/mol. The summed E-state index contributed by atoms with van der Waals surface area (Å²) >= 11 is 0. The molecule has 1 aromatic carbocycles. The fourth-order valence-corrected chi connectivity index (χ4v) is 6.70. The summed E-state index contributed by atoms with van der Waals surface area (Å²) in [4.78, 5) is 15.5. The van der Waals surface area contributed by atoms with E-state index in [4.69, 9.17) is 13.9 Å². The van der Waals surface area contributed by atoms with Crippen LogP contribution in [0.1, 0.15) is 78.9 Å². The highest BCUT2D eigenvalue weighted by molar-refractivity contribution is 8.76. The first kappa shape index (κ1) is 34.5. The molecule has 0 heterocycles. The molecule has 214 valence electrons. The highest BCUT2D eigenvalue weighted by Crippen LogP contribution is 2.38. The van der Waals surface area contributed by atoms with Crippen molar-refractivity contribution >= 4 is 41.5 Å². The van der Waals surface area contributed by atoms with Crippen LogP contribution in [-0.4, -0.2) is 58.2 Å². The molecule has 0 saturated heterocycles. The van der Waals surface area contributed by atoms with Crippen LogP contribution in [0, 0.1) is 0 Å². The van der Waals surface area contributed by atoms with Gasteiger partial charge in [0.1, 0.15) is 0 Å². The summed E-state index contributed by atoms with van der Waals surface area (Å²) in [5, 5.41) is 0.153. The van der Waals surface area contributed by atoms with Gasteiger partial charge in [-0.2, -0.15) is 0 Å². The molecule has 8 heteroatoms. The molecule has 1 aromatic rings. The smallest absolute Gasteiger partial charge is 0.227 e. The van der Waals surface area contributed by atoms with Gasteiger partial charge in [-0.05, 0) is 80.8 Å². The topological polar surface area (TPSA) is 48.0 Å². The van der Waals surface area contributed by atoms with Crippen LogP contribution in [0.15, 0.2) is 18.2 Å². The average Bonchev–Trinajstić information content (AvgIpc) is 2.82. The molecule has 0 N–H and O–H groups in total. The summed E-state index contributed by atoms with van der Waals surface area (Å²) < 4.78 is 17.9. The molecule has 5 nitrogen and oxygen atoms in total. The zero-order valence-electron chi connectivity index (χ0n) is 25.2. The van der Waals surface area contributed by atoms with Crippen molar-refractivity contribution in [3.8, 4) is 0 Å². The predicted octanol–water partition coefficient (Wildman–Crippen LogP) is 8.12. The Labute approximate surface area is 236 Å². The van der Waals surface area contributed by atoms with Crippen molar-refractivity contribution < 1.29 is 18.7 Å². The van der Waals surface area contributed by atoms with E-state index in [1.807, 2.05) is 15.7 Å². The molecule has 0 radical (unpaired) electrons. The minimum Gasteiger partial charge on any atom is -0.413 e. The Morgan fingerprint density at radius 1 is 0.946 bits per heavy atom. The van der Waals surface area contributed by atoms with Crippen molar-refractivity contribution in [1.29, 1.82) is 0 Å². The van der Waals surface area contributed by atoms with E-state index >= 15 is 0 Å². The number of ether oxygens (including phenoxy) is 2. The van der Waals surface area contributed by atoms with E-state index in [2.05, 4.69) is 86.0 Å². The molecule has 0 fully saturated rings. The van der Waals surface area contributed by atoms with Gasteiger partial charge in [0.15, 0.2) is 8.32 Å². The molecule has 0 unspecified atom stereocenters. The summed E-state index contributed by atoms with van der Waals surface area (Å²) in [5.74, 6) is 0.144. The van der Waals surface area contributed by atoms with Crippen molar-refractivity contribution in [1.82, 2.24) is 0 Å². The second-order valence-electron chi connectivity index (χ2n) is 11.7. The molecule has 0 aliphatic rings. The van der Waals surface area contributed by atoms with E-state index in [9.17, 15) is 4.79 Å². The predicted molar refractivity (Wildman–Crippen MR) is 167 cm³/mol. The first-order valence-corrected chi connectivity index (χ1v) is 19.2. The highest BCUT2D eigenvalue weighted by Gasteiger charge is 2.37. The molecule has 0 aromatic heterocycles. The Hall–Kier alpha value is -0.513. The Kier molecular flexibility index (Phi) is 15.4. The maximum absolute atomic E-state index is 13.6. The summed E-state index contributed by atoms with van der Waals surface area (Å²) in [6.07, 6.45) is 5.33. The lowest BCUT2D eigenvalue weighted by Crippen LogP contribution is -2.40. The maximum Gasteiger partial charge on any atom is 0.227 e. The van der Waals surface area contributed by atoms with Crippen LogP contribution in [0.5, 0.6) is 0 Å². The third kappa shape index (κ3) is 12.9. The molecule has 37 heavy (non-hydrogen) atoms. The zero-order chi connectivity index (χ0) is 28.1. The molecule has 0 saturated carbocycles. The van der Waals surface area contributed by atoms with Crippen molar-refractivity contribution in [2.24, 2.45) is 0 Å². The van der Waals surface area contributed by atoms with E-state index in [1.54, 1.807) is 10.8 Å². The monoisotopic (exact) mass is 571 g/mol. The third-order valence-corrected chi connectivity index (χ3v) is 14.0. The van der Waals surface area contributed by atoms with Crippen molar-refractivity contribution in [2.75, 3.05) is 44.1 Å². The number of carbonyl (C=O) groups is 1. The summed E-state index contributed by atoms with van der Waals surface area (Å²) in [6.45, 7) is 23.5. The normalized spacial score (nSPS) is 12.7. The van der Waals surface area contributed by atoms with Gasteiger partial charge in [-0.25, -0.2) is 0 Å². The summed E-state index contributed by atoms with van der Waals surface area (Å²) in [6, 6.07) is 6.51. The van der Waals surface area contributed by atoms with Gasteiger partial charge in [0.2, 0.25) is 5.91 Å². The molecule has 0 aliphatic carbocycles. The van der Waals surface area contributed by atoms with Gasteiger partial charge in [-0.15, -0.1) is 0 Å². The number of aryl methyl sites for hydroxylation is 1. The number of hydrogen-bond acceptors (Lipinski definition) is 6. The van der Waals surface area contributed by atoms with Crippen LogP contribution in [0.4, 0.5) is 5.69 Å². The van der Waals surface area contributed by atoms with E-state index < -0.39 is 8.32 Å². The van der Waals surface area contributed by atoms with Gasteiger partial charge in [0.25, 0.3) is 0 Å². The molecule has 0 aliphatic heterocycles. The minimum absolute atomic E-state index is 0.0430. The molecule has 1 rings (SSSR count). The standard InChI is InChI=1S/C29H53NO4S2Si/c1-11-16-32-18-19-33-17-15-30(27(31)13-14-29(6,7)36-35-8)26-21-24(12-2)20-25(22-26)23-34-37(9,10)28(3,4)5/h20-22H,11-19,23H2,1-10H3. The fourth-order valence-electron chi connectivity index (χ4n) is 3.50. The molecular formula is C29H53NO4S2Si. The number of carbonyl (C=O) groups excluding carboxylic acids is 1. The number of nitrogens with zero attached hydrogens (tertiary/aromatic N) is 1. The van der Waals surface area contributed by atoms with Crippen molar-refractivity contribution in [3.05, 3.63) is 29.3 Å². The molecule has 0 bridgehead atoms. The number of benzene rings is 1. The van der Waals surface area contributed by atoms with Gasteiger partial charge in [-0.1, -0.05) is 62.3 Å². The van der Waals surface area contributed by atoms with E-state index in [0.29, 0.717) is 39.4 Å². The molecular weight excluding hydrogens is 519 g/mol. The van der Waals surface area contributed by atoms with Gasteiger partial charge >= 0.3 is 0 Å². The molecule has 0 spiro atoms. The van der Waals surface area contributed by atoms with E-state index in [0.717, 1.165) is 37.1 Å². The van der Waals surface area contributed by atoms with Gasteiger partial charge < -0.3 is 18.8 Å². The number of hydrogen-bond donors (Lipinski definition) is 0. The maximum atomic E-state index is 13.6. The van der Waals surface area contributed by atoms with Gasteiger partial charge in [0.05, 0.1) is 26.4 Å². The number of rotatable bonds is 18. The largest absolute Gasteiger partial charge is 0.413 e. The zero-order valence-corrected chi connectivity index (χ0v) is 27.8. The molecule has 1 amide bonds. The van der Waals surface area contributed by atoms with Crippen LogP contribution < -0.4 is 4.90 Å². The molecule has 0 atom stereocenters. The number of amides is 1.